The zero-order valence-electron chi connectivity index (χ0n) is 11.1. The van der Waals surface area contributed by atoms with Crippen molar-refractivity contribution in [2.24, 2.45) is 17.3 Å². The van der Waals surface area contributed by atoms with E-state index in [9.17, 15) is 4.79 Å². The molecule has 4 aliphatic rings. The van der Waals surface area contributed by atoms with Crippen LogP contribution in [-0.4, -0.2) is 23.8 Å². The van der Waals surface area contributed by atoms with E-state index in [1.807, 2.05) is 0 Å². The third-order valence-electron chi connectivity index (χ3n) is 6.03. The second kappa shape index (κ2) is 3.01. The molecule has 0 radical (unpaired) electrons. The number of epoxide rings is 1. The summed E-state index contributed by atoms with van der Waals surface area (Å²) in [6.07, 6.45) is 4.84. The molecule has 4 rings (SSSR count). The molecule has 6 atom stereocenters. The zero-order chi connectivity index (χ0) is 12.7. The van der Waals surface area contributed by atoms with Crippen LogP contribution in [0.4, 0.5) is 0 Å². The first-order valence-electron chi connectivity index (χ1n) is 7.07. The van der Waals surface area contributed by atoms with E-state index in [1.165, 1.54) is 19.3 Å². The van der Waals surface area contributed by atoms with Crippen molar-refractivity contribution in [3.8, 4) is 0 Å². The van der Waals surface area contributed by atoms with Crippen LogP contribution in [0.1, 0.15) is 39.5 Å². The molecule has 2 aliphatic heterocycles. The number of hydrogen-bond donors (Lipinski definition) is 0. The second-order valence-electron chi connectivity index (χ2n) is 6.88. The molecule has 18 heavy (non-hydrogen) atoms. The van der Waals surface area contributed by atoms with Gasteiger partial charge in [-0.1, -0.05) is 26.8 Å². The summed E-state index contributed by atoms with van der Waals surface area (Å²) in [6.45, 7) is 8.56. The largest absolute Gasteiger partial charge is 0.458 e. The highest BCUT2D eigenvalue weighted by Gasteiger charge is 2.77. The van der Waals surface area contributed by atoms with Gasteiger partial charge in [0, 0.05) is 11.0 Å². The molecule has 0 aromatic carbocycles. The topological polar surface area (TPSA) is 38.8 Å². The lowest BCUT2D eigenvalue weighted by Gasteiger charge is -2.48. The van der Waals surface area contributed by atoms with E-state index in [0.29, 0.717) is 11.5 Å². The van der Waals surface area contributed by atoms with Crippen LogP contribution >= 0.6 is 0 Å². The van der Waals surface area contributed by atoms with E-state index < -0.39 is 0 Å². The molecule has 0 N–H and O–H groups in total. The predicted octanol–water partition coefficient (Wildman–Crippen LogP) is 2.45. The molecule has 3 heteroatoms. The third-order valence-corrected chi connectivity index (χ3v) is 6.03. The Hall–Kier alpha value is -0.830. The highest BCUT2D eigenvalue weighted by atomic mass is 16.6. The number of carbonyl (C=O) groups is 1. The van der Waals surface area contributed by atoms with Crippen LogP contribution in [0.15, 0.2) is 12.2 Å². The Morgan fingerprint density at radius 3 is 3.00 bits per heavy atom. The van der Waals surface area contributed by atoms with Crippen molar-refractivity contribution in [3.63, 3.8) is 0 Å². The average Bonchev–Trinajstić information content (AvgIpc) is 2.98. The molecular formula is C15H20O3. The lowest BCUT2D eigenvalue weighted by Crippen LogP contribution is -2.53. The average molecular weight is 248 g/mol. The molecule has 1 spiro atoms. The molecule has 0 bridgehead atoms. The smallest absolute Gasteiger partial charge is 0.334 e. The van der Waals surface area contributed by atoms with Gasteiger partial charge >= 0.3 is 5.97 Å². The summed E-state index contributed by atoms with van der Waals surface area (Å²) in [4.78, 5) is 11.7. The first-order chi connectivity index (χ1) is 8.49. The standard InChI is InChI=1S/C15H20O3/c1-8-5-4-6-14(3)7-10-11(9(2)13(16)17-10)12-15(8,14)18-12/h8,10-12H,2,4-7H2,1,3H3. The molecule has 2 heterocycles. The number of esters is 1. The van der Waals surface area contributed by atoms with Crippen LogP contribution < -0.4 is 0 Å². The van der Waals surface area contributed by atoms with E-state index in [4.69, 9.17) is 9.47 Å². The van der Waals surface area contributed by atoms with Gasteiger partial charge in [-0.2, -0.15) is 0 Å². The van der Waals surface area contributed by atoms with Crippen LogP contribution in [0.25, 0.3) is 0 Å². The monoisotopic (exact) mass is 248 g/mol. The summed E-state index contributed by atoms with van der Waals surface area (Å²) in [6, 6.07) is 0. The number of carbonyl (C=O) groups excluding carboxylic acids is 1. The quantitative estimate of drug-likeness (QED) is 0.375. The van der Waals surface area contributed by atoms with Gasteiger partial charge in [-0.05, 0) is 25.2 Å². The second-order valence-corrected chi connectivity index (χ2v) is 6.88. The van der Waals surface area contributed by atoms with Crippen molar-refractivity contribution in [1.29, 1.82) is 0 Å². The number of rotatable bonds is 0. The molecule has 4 fully saturated rings. The van der Waals surface area contributed by atoms with Crippen molar-refractivity contribution in [1.82, 2.24) is 0 Å². The SMILES string of the molecule is C=C1C(=O)OC2CC3(C)CCCC(C)C34OC4C12. The Kier molecular flexibility index (Phi) is 1.84. The normalized spacial score (nSPS) is 57.4. The van der Waals surface area contributed by atoms with Crippen LogP contribution in [0, 0.1) is 17.3 Å². The minimum atomic E-state index is -0.203. The molecule has 0 amide bonds. The molecule has 2 saturated carbocycles. The van der Waals surface area contributed by atoms with Gasteiger partial charge in [0.25, 0.3) is 0 Å². The molecular weight excluding hydrogens is 228 g/mol. The Morgan fingerprint density at radius 2 is 2.22 bits per heavy atom. The maximum Gasteiger partial charge on any atom is 0.334 e. The van der Waals surface area contributed by atoms with E-state index in [2.05, 4.69) is 20.4 Å². The summed E-state index contributed by atoms with van der Waals surface area (Å²) >= 11 is 0. The Labute approximate surface area is 108 Å². The molecule has 0 aromatic rings. The Bertz CT molecular complexity index is 457. The van der Waals surface area contributed by atoms with Gasteiger partial charge in [0.15, 0.2) is 0 Å². The van der Waals surface area contributed by atoms with E-state index in [1.54, 1.807) is 0 Å². The van der Waals surface area contributed by atoms with E-state index in [0.717, 1.165) is 6.42 Å². The van der Waals surface area contributed by atoms with Crippen LogP contribution in [0.3, 0.4) is 0 Å². The number of fused-ring (bicyclic) bond motifs is 2. The highest BCUT2D eigenvalue weighted by molar-refractivity contribution is 5.91. The Morgan fingerprint density at radius 1 is 1.44 bits per heavy atom. The van der Waals surface area contributed by atoms with Gasteiger partial charge in [-0.25, -0.2) is 4.79 Å². The maximum absolute atomic E-state index is 11.7. The summed E-state index contributed by atoms with van der Waals surface area (Å²) in [5, 5.41) is 0. The minimum absolute atomic E-state index is 0.00331. The van der Waals surface area contributed by atoms with E-state index in [-0.39, 0.29) is 35.1 Å². The first-order valence-corrected chi connectivity index (χ1v) is 7.07. The maximum atomic E-state index is 11.7. The van der Waals surface area contributed by atoms with Gasteiger partial charge in [0.1, 0.15) is 11.7 Å². The van der Waals surface area contributed by atoms with Crippen LogP contribution in [-0.2, 0) is 14.3 Å². The van der Waals surface area contributed by atoms with Crippen molar-refractivity contribution in [2.45, 2.75) is 57.3 Å². The molecule has 0 aromatic heterocycles. The fourth-order valence-corrected chi connectivity index (χ4v) is 5.10. The van der Waals surface area contributed by atoms with Crippen molar-refractivity contribution in [3.05, 3.63) is 12.2 Å². The van der Waals surface area contributed by atoms with Gasteiger partial charge < -0.3 is 9.47 Å². The molecule has 98 valence electrons. The predicted molar refractivity (Wildman–Crippen MR) is 65.9 cm³/mol. The van der Waals surface area contributed by atoms with Gasteiger partial charge in [0.2, 0.25) is 0 Å². The Balaban J connectivity index is 1.77. The lowest BCUT2D eigenvalue weighted by atomic mass is 9.54. The van der Waals surface area contributed by atoms with Gasteiger partial charge in [-0.15, -0.1) is 0 Å². The molecule has 2 saturated heterocycles. The van der Waals surface area contributed by atoms with E-state index >= 15 is 0 Å². The number of hydrogen-bond acceptors (Lipinski definition) is 3. The minimum Gasteiger partial charge on any atom is -0.458 e. The lowest BCUT2D eigenvalue weighted by molar-refractivity contribution is -0.142. The highest BCUT2D eigenvalue weighted by Crippen LogP contribution is 2.70. The summed E-state index contributed by atoms with van der Waals surface area (Å²) in [7, 11) is 0. The molecule has 3 nitrogen and oxygen atoms in total. The summed E-state index contributed by atoms with van der Waals surface area (Å²) in [5.74, 6) is 0.502. The summed E-state index contributed by atoms with van der Waals surface area (Å²) in [5.41, 5.74) is 0.826. The summed E-state index contributed by atoms with van der Waals surface area (Å²) < 4.78 is 11.7. The van der Waals surface area contributed by atoms with Crippen molar-refractivity contribution < 1.29 is 14.3 Å². The van der Waals surface area contributed by atoms with Crippen molar-refractivity contribution in [2.75, 3.05) is 0 Å². The third kappa shape index (κ3) is 1.00. The van der Waals surface area contributed by atoms with Crippen molar-refractivity contribution >= 4 is 5.97 Å². The first kappa shape index (κ1) is 11.0. The van der Waals surface area contributed by atoms with Crippen LogP contribution in [0.2, 0.25) is 0 Å². The van der Waals surface area contributed by atoms with Gasteiger partial charge in [0.05, 0.1) is 12.0 Å². The fraction of sp³-hybridized carbons (Fsp3) is 0.800. The molecule has 2 aliphatic carbocycles. The molecule has 6 unspecified atom stereocenters. The van der Waals surface area contributed by atoms with Crippen LogP contribution in [0.5, 0.6) is 0 Å². The zero-order valence-corrected chi connectivity index (χ0v) is 11.1. The number of ether oxygens (including phenoxy) is 2. The van der Waals surface area contributed by atoms with Gasteiger partial charge in [-0.3, -0.25) is 0 Å². The fourth-order valence-electron chi connectivity index (χ4n) is 5.10.